The Kier molecular flexibility index (Phi) is 5.82. The molecule has 1 aliphatic rings. The first-order valence-electron chi connectivity index (χ1n) is 9.70. The van der Waals surface area contributed by atoms with E-state index in [1.54, 1.807) is 0 Å². The van der Waals surface area contributed by atoms with Crippen LogP contribution in [0.15, 0.2) is 36.4 Å². The highest BCUT2D eigenvalue weighted by Gasteiger charge is 2.48. The second kappa shape index (κ2) is 8.09. The Balaban J connectivity index is 1.87. The van der Waals surface area contributed by atoms with E-state index in [0.29, 0.717) is 19.1 Å². The summed E-state index contributed by atoms with van der Waals surface area (Å²) < 4.78 is 11.8. The van der Waals surface area contributed by atoms with E-state index in [1.807, 2.05) is 43.3 Å². The lowest BCUT2D eigenvalue weighted by molar-refractivity contribution is -0.142. The lowest BCUT2D eigenvalue weighted by Gasteiger charge is -2.29. The summed E-state index contributed by atoms with van der Waals surface area (Å²) in [7, 11) is 0. The van der Waals surface area contributed by atoms with Gasteiger partial charge in [0.2, 0.25) is 0 Å². The van der Waals surface area contributed by atoms with Crippen LogP contribution in [0.1, 0.15) is 46.5 Å². The topological polar surface area (TPSA) is 47.6 Å². The molecule has 26 heavy (non-hydrogen) atoms. The molecule has 1 fully saturated rings. The molecule has 1 aliphatic carbocycles. The van der Waals surface area contributed by atoms with E-state index in [2.05, 4.69) is 19.2 Å². The molecule has 4 heteroatoms. The number of anilines is 1. The Hall–Kier alpha value is -2.07. The fourth-order valence-corrected chi connectivity index (χ4v) is 3.28. The predicted molar refractivity (Wildman–Crippen MR) is 106 cm³/mol. The predicted octanol–water partition coefficient (Wildman–Crippen LogP) is 5.16. The number of carbonyl (C=O) groups is 1. The lowest BCUT2D eigenvalue weighted by atomic mass is 9.98. The summed E-state index contributed by atoms with van der Waals surface area (Å²) in [5.74, 6) is 1.11. The minimum atomic E-state index is -0.755. The van der Waals surface area contributed by atoms with Gasteiger partial charge in [0.1, 0.15) is 11.4 Å². The summed E-state index contributed by atoms with van der Waals surface area (Å²) in [4.78, 5) is 13.1. The molecule has 1 atom stereocenters. The van der Waals surface area contributed by atoms with Gasteiger partial charge in [-0.25, -0.2) is 0 Å². The van der Waals surface area contributed by atoms with Crippen LogP contribution in [0.3, 0.4) is 0 Å². The van der Waals surface area contributed by atoms with Crippen molar-refractivity contribution in [2.75, 3.05) is 18.5 Å². The molecule has 2 aromatic rings. The Labute approximate surface area is 155 Å². The molecule has 3 rings (SSSR count). The maximum absolute atomic E-state index is 13.1. The molecule has 140 valence electrons. The number of carbonyl (C=O) groups excluding carboxylic acids is 1. The van der Waals surface area contributed by atoms with E-state index < -0.39 is 5.60 Å². The first-order valence-corrected chi connectivity index (χ1v) is 9.70. The first kappa shape index (κ1) is 18.7. The Morgan fingerprint density at radius 3 is 2.42 bits per heavy atom. The van der Waals surface area contributed by atoms with Crippen LogP contribution in [0.2, 0.25) is 0 Å². The summed E-state index contributed by atoms with van der Waals surface area (Å²) >= 11 is 0. The summed E-state index contributed by atoms with van der Waals surface area (Å²) in [5.41, 5.74) is 0.0514. The van der Waals surface area contributed by atoms with Crippen molar-refractivity contribution in [2.45, 2.75) is 52.1 Å². The van der Waals surface area contributed by atoms with E-state index in [1.165, 1.54) is 0 Å². The molecule has 0 aliphatic heterocycles. The number of amides is 1. The van der Waals surface area contributed by atoms with Gasteiger partial charge in [0.05, 0.1) is 6.61 Å². The Morgan fingerprint density at radius 1 is 1.08 bits per heavy atom. The number of ether oxygens (including phenoxy) is 2. The van der Waals surface area contributed by atoms with Gasteiger partial charge in [-0.1, -0.05) is 38.1 Å². The summed E-state index contributed by atoms with van der Waals surface area (Å²) in [6.45, 7) is 7.36. The quantitative estimate of drug-likeness (QED) is 0.675. The molecule has 1 amide bonds. The molecule has 0 spiro atoms. The van der Waals surface area contributed by atoms with Crippen LogP contribution in [-0.2, 0) is 9.53 Å². The van der Waals surface area contributed by atoms with Gasteiger partial charge in [-0.05, 0) is 50.7 Å². The van der Waals surface area contributed by atoms with Crippen molar-refractivity contribution in [1.82, 2.24) is 0 Å². The third kappa shape index (κ3) is 3.85. The Morgan fingerprint density at radius 2 is 1.77 bits per heavy atom. The minimum absolute atomic E-state index is 0.0548. The van der Waals surface area contributed by atoms with Crippen molar-refractivity contribution in [2.24, 2.45) is 5.92 Å². The van der Waals surface area contributed by atoms with Crippen molar-refractivity contribution in [3.63, 3.8) is 0 Å². The van der Waals surface area contributed by atoms with Crippen molar-refractivity contribution in [3.05, 3.63) is 36.4 Å². The minimum Gasteiger partial charge on any atom is -0.493 e. The normalized spacial score (nSPS) is 16.3. The highest BCUT2D eigenvalue weighted by atomic mass is 16.5. The molecular formula is C22H29NO3. The van der Waals surface area contributed by atoms with Gasteiger partial charge in [-0.15, -0.1) is 0 Å². The average molecular weight is 355 g/mol. The van der Waals surface area contributed by atoms with E-state index in [-0.39, 0.29) is 5.91 Å². The fourth-order valence-electron chi connectivity index (χ4n) is 3.28. The van der Waals surface area contributed by atoms with E-state index in [4.69, 9.17) is 9.47 Å². The van der Waals surface area contributed by atoms with Gasteiger partial charge in [0, 0.05) is 23.1 Å². The number of hydrogen-bond donors (Lipinski definition) is 1. The molecule has 0 radical (unpaired) electrons. The van der Waals surface area contributed by atoms with E-state index >= 15 is 0 Å². The van der Waals surface area contributed by atoms with Crippen LogP contribution >= 0.6 is 0 Å². The summed E-state index contributed by atoms with van der Waals surface area (Å²) in [6.07, 6.45) is 3.97. The molecular weight excluding hydrogens is 326 g/mol. The monoisotopic (exact) mass is 355 g/mol. The highest BCUT2D eigenvalue weighted by Crippen LogP contribution is 2.43. The van der Waals surface area contributed by atoms with Gasteiger partial charge in [-0.2, -0.15) is 0 Å². The zero-order valence-corrected chi connectivity index (χ0v) is 16.0. The van der Waals surface area contributed by atoms with Crippen LogP contribution in [0.5, 0.6) is 5.75 Å². The highest BCUT2D eigenvalue weighted by molar-refractivity contribution is 6.06. The third-order valence-corrected chi connectivity index (χ3v) is 5.01. The number of benzene rings is 2. The molecule has 4 nitrogen and oxygen atoms in total. The number of nitrogens with one attached hydrogen (secondary N) is 1. The zero-order chi connectivity index (χ0) is 18.6. The van der Waals surface area contributed by atoms with Crippen LogP contribution in [0.25, 0.3) is 10.8 Å². The van der Waals surface area contributed by atoms with Crippen molar-refractivity contribution >= 4 is 22.4 Å². The summed E-state index contributed by atoms with van der Waals surface area (Å²) in [6, 6.07) is 11.9. The molecule has 1 saturated carbocycles. The standard InChI is InChI=1S/C22H29NO3/c1-4-14-25-20-13-12-19(17-8-6-7-9-18(17)20)23-21(24)22(3,16-10-11-16)26-15-5-2/h6-9,12-13,16H,4-5,10-11,14-15H2,1-3H3,(H,23,24)/t22-/m1/s1. The van der Waals surface area contributed by atoms with Gasteiger partial charge in [-0.3, -0.25) is 4.79 Å². The van der Waals surface area contributed by atoms with Gasteiger partial charge < -0.3 is 14.8 Å². The van der Waals surface area contributed by atoms with Crippen molar-refractivity contribution in [1.29, 1.82) is 0 Å². The van der Waals surface area contributed by atoms with Crippen molar-refractivity contribution in [3.8, 4) is 5.75 Å². The second-order valence-electron chi connectivity index (χ2n) is 7.19. The maximum Gasteiger partial charge on any atom is 0.256 e. The molecule has 2 aromatic carbocycles. The van der Waals surface area contributed by atoms with Crippen molar-refractivity contribution < 1.29 is 14.3 Å². The van der Waals surface area contributed by atoms with Crippen LogP contribution in [0.4, 0.5) is 5.69 Å². The fraction of sp³-hybridized carbons (Fsp3) is 0.500. The number of rotatable bonds is 9. The summed E-state index contributed by atoms with van der Waals surface area (Å²) in [5, 5.41) is 5.12. The van der Waals surface area contributed by atoms with E-state index in [0.717, 1.165) is 47.9 Å². The third-order valence-electron chi connectivity index (χ3n) is 5.01. The zero-order valence-electron chi connectivity index (χ0n) is 16.0. The maximum atomic E-state index is 13.1. The first-order chi connectivity index (χ1) is 12.6. The second-order valence-corrected chi connectivity index (χ2v) is 7.19. The lowest BCUT2D eigenvalue weighted by Crippen LogP contribution is -2.45. The largest absolute Gasteiger partial charge is 0.493 e. The molecule has 0 unspecified atom stereocenters. The smallest absolute Gasteiger partial charge is 0.256 e. The van der Waals surface area contributed by atoms with Gasteiger partial charge in [0.25, 0.3) is 5.91 Å². The van der Waals surface area contributed by atoms with Crippen LogP contribution in [-0.4, -0.2) is 24.7 Å². The van der Waals surface area contributed by atoms with Gasteiger partial charge >= 0.3 is 0 Å². The average Bonchev–Trinajstić information content (AvgIpc) is 3.51. The van der Waals surface area contributed by atoms with E-state index in [9.17, 15) is 4.79 Å². The molecule has 0 saturated heterocycles. The van der Waals surface area contributed by atoms with Crippen LogP contribution in [0, 0.1) is 5.92 Å². The molecule has 0 aromatic heterocycles. The number of fused-ring (bicyclic) bond motifs is 1. The molecule has 0 heterocycles. The van der Waals surface area contributed by atoms with Gasteiger partial charge in [0.15, 0.2) is 0 Å². The SMILES string of the molecule is CCCOc1ccc(NC(=O)[C@](C)(OCCC)C2CC2)c2ccccc12. The Bertz CT molecular complexity index is 769. The van der Waals surface area contributed by atoms with Crippen LogP contribution < -0.4 is 10.1 Å². The number of hydrogen-bond acceptors (Lipinski definition) is 3. The molecule has 1 N–H and O–H groups in total. The molecule has 0 bridgehead atoms.